The average molecular weight is 1320 g/mol. The van der Waals surface area contributed by atoms with Crippen molar-refractivity contribution in [3.8, 4) is 0 Å². The van der Waals surface area contributed by atoms with Crippen LogP contribution >= 0.6 is 7.82 Å². The maximum atomic E-state index is 12.9. The normalized spacial score (nSPS) is 13.7. The van der Waals surface area contributed by atoms with Gasteiger partial charge >= 0.3 is 11.9 Å². The van der Waals surface area contributed by atoms with Crippen LogP contribution in [0.5, 0.6) is 0 Å². The van der Waals surface area contributed by atoms with Gasteiger partial charge in [0.2, 0.25) is 0 Å². The molecule has 0 aromatic rings. The topological polar surface area (TPSA) is 111 Å². The van der Waals surface area contributed by atoms with Gasteiger partial charge in [0.05, 0.1) is 27.7 Å². The highest BCUT2D eigenvalue weighted by molar-refractivity contribution is 7.45. The predicted molar refractivity (Wildman–Crippen MR) is 401 cm³/mol. The van der Waals surface area contributed by atoms with E-state index in [2.05, 4.69) is 135 Å². The molecule has 10 heteroatoms. The zero-order chi connectivity index (χ0) is 67.6. The maximum absolute atomic E-state index is 12.9. The lowest BCUT2D eigenvalue weighted by atomic mass is 10.0. The van der Waals surface area contributed by atoms with Gasteiger partial charge in [-0.3, -0.25) is 14.2 Å². The van der Waals surface area contributed by atoms with Crippen LogP contribution in [0.25, 0.3) is 0 Å². The summed E-state index contributed by atoms with van der Waals surface area (Å²) in [4.78, 5) is 38.1. The molecular formula is C83H146NO8P. The highest BCUT2D eigenvalue weighted by Gasteiger charge is 2.22. The monoisotopic (exact) mass is 1320 g/mol. The number of phosphoric acid groups is 1. The number of allylic oxidation sites excluding steroid dienone is 20. The maximum Gasteiger partial charge on any atom is 0.306 e. The molecule has 0 radical (unpaired) electrons. The Morgan fingerprint density at radius 3 is 0.914 bits per heavy atom. The van der Waals surface area contributed by atoms with Crippen molar-refractivity contribution in [2.24, 2.45) is 0 Å². The van der Waals surface area contributed by atoms with Crippen molar-refractivity contribution in [3.05, 3.63) is 122 Å². The second-order valence-corrected chi connectivity index (χ2v) is 28.4. The summed E-state index contributed by atoms with van der Waals surface area (Å²) in [6, 6.07) is 0. The summed E-state index contributed by atoms with van der Waals surface area (Å²) in [5.41, 5.74) is 0. The van der Waals surface area contributed by atoms with Gasteiger partial charge in [0.1, 0.15) is 19.8 Å². The van der Waals surface area contributed by atoms with Crippen LogP contribution in [0.2, 0.25) is 0 Å². The van der Waals surface area contributed by atoms with Crippen molar-refractivity contribution in [3.63, 3.8) is 0 Å². The Bertz CT molecular complexity index is 1990. The van der Waals surface area contributed by atoms with E-state index in [0.717, 1.165) is 109 Å². The fourth-order valence-electron chi connectivity index (χ4n) is 10.9. The number of carbonyl (C=O) groups is 2. The third-order valence-electron chi connectivity index (χ3n) is 16.7. The number of rotatable bonds is 71. The predicted octanol–water partition coefficient (Wildman–Crippen LogP) is 25.1. The number of esters is 2. The van der Waals surface area contributed by atoms with Gasteiger partial charge in [-0.25, -0.2) is 0 Å². The Morgan fingerprint density at radius 1 is 0.344 bits per heavy atom. The van der Waals surface area contributed by atoms with Crippen LogP contribution in [-0.4, -0.2) is 70.0 Å². The van der Waals surface area contributed by atoms with Crippen LogP contribution in [0.3, 0.4) is 0 Å². The first-order chi connectivity index (χ1) is 45.5. The van der Waals surface area contributed by atoms with E-state index in [1.54, 1.807) is 0 Å². The van der Waals surface area contributed by atoms with Crippen LogP contribution in [-0.2, 0) is 32.7 Å². The molecule has 9 nitrogen and oxygen atoms in total. The first-order valence-corrected chi connectivity index (χ1v) is 40.2. The molecule has 0 bridgehead atoms. The van der Waals surface area contributed by atoms with Gasteiger partial charge in [-0.15, -0.1) is 0 Å². The molecule has 0 N–H and O–H groups in total. The fourth-order valence-corrected chi connectivity index (χ4v) is 11.6. The molecule has 0 aliphatic carbocycles. The van der Waals surface area contributed by atoms with Gasteiger partial charge in [-0.2, -0.15) is 0 Å². The molecule has 0 saturated carbocycles. The molecule has 0 rings (SSSR count). The molecule has 0 aliphatic heterocycles. The number of unbranched alkanes of at least 4 members (excludes halogenated alkanes) is 37. The summed E-state index contributed by atoms with van der Waals surface area (Å²) in [7, 11) is 1.16. The summed E-state index contributed by atoms with van der Waals surface area (Å²) in [6.07, 6.45) is 104. The third-order valence-corrected chi connectivity index (χ3v) is 17.7. The third kappa shape index (κ3) is 77.3. The second-order valence-electron chi connectivity index (χ2n) is 27.0. The number of quaternary nitrogens is 1. The van der Waals surface area contributed by atoms with E-state index in [1.165, 1.54) is 199 Å². The van der Waals surface area contributed by atoms with Crippen molar-refractivity contribution in [1.82, 2.24) is 0 Å². The Hall–Kier alpha value is -3.59. The highest BCUT2D eigenvalue weighted by Crippen LogP contribution is 2.38. The molecule has 0 aliphatic rings. The van der Waals surface area contributed by atoms with Crippen LogP contribution in [0.1, 0.15) is 341 Å². The van der Waals surface area contributed by atoms with Crippen molar-refractivity contribution in [2.75, 3.05) is 47.5 Å². The molecule has 0 saturated heterocycles. The van der Waals surface area contributed by atoms with Crippen molar-refractivity contribution in [1.29, 1.82) is 0 Å². The van der Waals surface area contributed by atoms with Gasteiger partial charge in [0.25, 0.3) is 7.82 Å². The van der Waals surface area contributed by atoms with Gasteiger partial charge in [-0.05, 0) is 89.9 Å². The van der Waals surface area contributed by atoms with Gasteiger partial charge in [0, 0.05) is 12.8 Å². The molecule has 0 spiro atoms. The van der Waals surface area contributed by atoms with Crippen LogP contribution in [0, 0.1) is 0 Å². The number of hydrogen-bond donors (Lipinski definition) is 0. The Labute approximate surface area is 575 Å². The van der Waals surface area contributed by atoms with E-state index in [4.69, 9.17) is 18.5 Å². The molecule has 2 unspecified atom stereocenters. The minimum atomic E-state index is -4.65. The Kier molecular flexibility index (Phi) is 69.9. The van der Waals surface area contributed by atoms with Gasteiger partial charge < -0.3 is 27.9 Å². The van der Waals surface area contributed by atoms with E-state index in [0.29, 0.717) is 17.4 Å². The quantitative estimate of drug-likeness (QED) is 0.0195. The molecule has 0 amide bonds. The SMILES string of the molecule is CC/C=C\C/C=C\C/C=C\C/C=C\C/C=C\C/C=C\C/C=C\C/C=C\C/C=C\C/C=C\CCCCCCCCCCCCC(=O)OC(COC(=O)CCCCCCCCCCCCCCCCCCCCCCCCCCCCCC)COP(=O)([O-])OCC[N+](C)(C)C. The summed E-state index contributed by atoms with van der Waals surface area (Å²) in [5.74, 6) is -0.829. The standard InChI is InChI=1S/C83H146NO8P/c1-6-8-10-12-14-16-18-20-22-24-26-28-30-32-34-36-37-38-39-40-41-42-43-44-45-46-47-48-50-52-54-56-58-60-62-64-66-68-70-72-74-76-83(86)92-81(80-91-93(87,88)90-78-77-84(3,4)5)79-89-82(85)75-73-71-69-67-65-63-61-59-57-55-53-51-49-35-33-31-29-27-25-23-21-19-17-15-13-11-9-7-2/h8,10,14,16,20,22,26,28,32,34,37-38,40-41,43-44,46-47,50,52,81H,6-7,9,11-13,15,17-19,21,23-25,27,29-31,33,35-36,39,42,45,48-49,51,53-80H2,1-5H3/b10-8-,16-14-,22-20-,28-26-,34-32-,38-37-,41-40-,44-43-,47-46-,52-50-. The minimum Gasteiger partial charge on any atom is -0.756 e. The Morgan fingerprint density at radius 2 is 0.613 bits per heavy atom. The number of hydrogen-bond acceptors (Lipinski definition) is 8. The lowest BCUT2D eigenvalue weighted by Gasteiger charge is -2.28. The van der Waals surface area contributed by atoms with Crippen LogP contribution in [0.4, 0.5) is 0 Å². The summed E-state index contributed by atoms with van der Waals surface area (Å²) in [5, 5.41) is 0. The van der Waals surface area contributed by atoms with E-state index in [1.807, 2.05) is 21.1 Å². The number of nitrogens with zero attached hydrogens (tertiary/aromatic N) is 1. The number of phosphoric ester groups is 1. The zero-order valence-electron chi connectivity index (χ0n) is 61.2. The molecule has 2 atom stereocenters. The smallest absolute Gasteiger partial charge is 0.306 e. The number of carbonyl (C=O) groups excluding carboxylic acids is 2. The first kappa shape index (κ1) is 89.4. The largest absolute Gasteiger partial charge is 0.756 e. The molecular weight excluding hydrogens is 1170 g/mol. The molecule has 0 fully saturated rings. The molecule has 93 heavy (non-hydrogen) atoms. The summed E-state index contributed by atoms with van der Waals surface area (Å²) >= 11 is 0. The molecule has 0 heterocycles. The molecule has 0 aromatic carbocycles. The first-order valence-electron chi connectivity index (χ1n) is 38.7. The zero-order valence-corrected chi connectivity index (χ0v) is 62.1. The molecule has 0 aromatic heterocycles. The van der Waals surface area contributed by atoms with Crippen LogP contribution < -0.4 is 4.89 Å². The van der Waals surface area contributed by atoms with E-state index in [9.17, 15) is 19.0 Å². The van der Waals surface area contributed by atoms with Gasteiger partial charge in [0.15, 0.2) is 6.10 Å². The Balaban J connectivity index is 4.03. The van der Waals surface area contributed by atoms with Gasteiger partial charge in [-0.1, -0.05) is 360 Å². The average Bonchev–Trinajstić information content (AvgIpc) is 2.30. The summed E-state index contributed by atoms with van der Waals surface area (Å²) in [6.45, 7) is 4.16. The van der Waals surface area contributed by atoms with E-state index < -0.39 is 26.5 Å². The molecule has 536 valence electrons. The number of ether oxygens (including phenoxy) is 2. The summed E-state index contributed by atoms with van der Waals surface area (Å²) < 4.78 is 34.4. The van der Waals surface area contributed by atoms with Crippen molar-refractivity contribution >= 4 is 19.8 Å². The van der Waals surface area contributed by atoms with E-state index >= 15 is 0 Å². The lowest BCUT2D eigenvalue weighted by molar-refractivity contribution is -0.870. The van der Waals surface area contributed by atoms with E-state index in [-0.39, 0.29) is 32.0 Å². The minimum absolute atomic E-state index is 0.0346. The van der Waals surface area contributed by atoms with Crippen molar-refractivity contribution in [2.45, 2.75) is 347 Å². The van der Waals surface area contributed by atoms with Crippen molar-refractivity contribution < 1.29 is 42.1 Å². The number of likely N-dealkylation sites (N-methyl/N-ethyl adjacent to an activating group) is 1. The second kappa shape index (κ2) is 72.7. The fraction of sp³-hybridized carbons (Fsp3) is 0.735. The lowest BCUT2D eigenvalue weighted by Crippen LogP contribution is -2.37. The van der Waals surface area contributed by atoms with Crippen LogP contribution in [0.15, 0.2) is 122 Å². The highest BCUT2D eigenvalue weighted by atomic mass is 31.2.